The summed E-state index contributed by atoms with van der Waals surface area (Å²) in [6.45, 7) is 0. The highest BCUT2D eigenvalue weighted by molar-refractivity contribution is 9.10. The number of rotatable bonds is 3. The van der Waals surface area contributed by atoms with Crippen LogP contribution >= 0.6 is 15.9 Å². The number of hydrogen-bond donors (Lipinski definition) is 1. The van der Waals surface area contributed by atoms with E-state index in [2.05, 4.69) is 20.9 Å². The Morgan fingerprint density at radius 3 is 2.65 bits per heavy atom. The summed E-state index contributed by atoms with van der Waals surface area (Å²) in [5, 5.41) is 0. The number of hydrogen-bond acceptors (Lipinski definition) is 2. The molecule has 0 aliphatic rings. The van der Waals surface area contributed by atoms with Crippen molar-refractivity contribution in [3.63, 3.8) is 0 Å². The zero-order valence-corrected chi connectivity index (χ0v) is 12.2. The van der Waals surface area contributed by atoms with Crippen LogP contribution in [0.1, 0.15) is 23.0 Å². The first-order valence-corrected chi connectivity index (χ1v) is 6.66. The summed E-state index contributed by atoms with van der Waals surface area (Å²) in [4.78, 5) is 4.08. The Hall–Kier alpha value is -1.34. The summed E-state index contributed by atoms with van der Waals surface area (Å²) in [6.07, 6.45) is -0.866. The zero-order valence-electron chi connectivity index (χ0n) is 10.7. The molecule has 0 aliphatic heterocycles. The van der Waals surface area contributed by atoms with Crippen molar-refractivity contribution in [1.82, 2.24) is 9.55 Å². The number of aryl methyl sites for hydroxylation is 1. The van der Waals surface area contributed by atoms with Gasteiger partial charge in [-0.2, -0.15) is 13.2 Å². The molecule has 0 bridgehead atoms. The van der Waals surface area contributed by atoms with Gasteiger partial charge in [-0.05, 0) is 17.7 Å². The van der Waals surface area contributed by atoms with Gasteiger partial charge >= 0.3 is 6.18 Å². The summed E-state index contributed by atoms with van der Waals surface area (Å²) in [7, 11) is 1.78. The van der Waals surface area contributed by atoms with Crippen molar-refractivity contribution in [2.24, 2.45) is 12.8 Å². The number of halogens is 4. The van der Waals surface area contributed by atoms with Crippen molar-refractivity contribution < 1.29 is 13.2 Å². The van der Waals surface area contributed by atoms with Gasteiger partial charge in [0.1, 0.15) is 5.82 Å². The van der Waals surface area contributed by atoms with Crippen molar-refractivity contribution in [3.05, 3.63) is 52.0 Å². The fourth-order valence-electron chi connectivity index (χ4n) is 2.00. The molecule has 20 heavy (non-hydrogen) atoms. The average molecular weight is 348 g/mol. The van der Waals surface area contributed by atoms with Crippen LogP contribution in [0.5, 0.6) is 0 Å². The Morgan fingerprint density at radius 1 is 1.40 bits per heavy atom. The third kappa shape index (κ3) is 3.21. The predicted octanol–water partition coefficient (Wildman–Crippen LogP) is 3.44. The summed E-state index contributed by atoms with van der Waals surface area (Å²) in [5.74, 6) is 0.647. The standard InChI is InChI=1S/C13H13BrF3N3/c1-20-5-4-19-12(20)7-11(18)9-3-2-8(14)6-10(9)13(15,16)17/h2-6,11H,7,18H2,1H3. The van der Waals surface area contributed by atoms with Crippen molar-refractivity contribution in [2.75, 3.05) is 0 Å². The molecule has 0 aliphatic carbocycles. The highest BCUT2D eigenvalue weighted by atomic mass is 79.9. The number of nitrogens with two attached hydrogens (primary N) is 1. The molecule has 0 fully saturated rings. The van der Waals surface area contributed by atoms with Crippen LogP contribution in [-0.4, -0.2) is 9.55 Å². The highest BCUT2D eigenvalue weighted by Gasteiger charge is 2.35. The molecular formula is C13H13BrF3N3. The van der Waals surface area contributed by atoms with Gasteiger partial charge in [-0.3, -0.25) is 0 Å². The van der Waals surface area contributed by atoms with Crippen molar-refractivity contribution in [1.29, 1.82) is 0 Å². The molecule has 0 amide bonds. The van der Waals surface area contributed by atoms with E-state index >= 15 is 0 Å². The number of nitrogens with zero attached hydrogens (tertiary/aromatic N) is 2. The monoisotopic (exact) mass is 347 g/mol. The van der Waals surface area contributed by atoms with Crippen LogP contribution in [0.4, 0.5) is 13.2 Å². The van der Waals surface area contributed by atoms with Gasteiger partial charge in [0, 0.05) is 36.4 Å². The predicted molar refractivity (Wildman–Crippen MR) is 73.0 cm³/mol. The van der Waals surface area contributed by atoms with Crippen LogP contribution in [0, 0.1) is 0 Å². The van der Waals surface area contributed by atoms with E-state index in [1.165, 1.54) is 6.07 Å². The van der Waals surface area contributed by atoms with Gasteiger partial charge in [0.25, 0.3) is 0 Å². The Morgan fingerprint density at radius 2 is 2.10 bits per heavy atom. The number of benzene rings is 1. The topological polar surface area (TPSA) is 43.8 Å². The molecule has 2 rings (SSSR count). The molecule has 2 N–H and O–H groups in total. The highest BCUT2D eigenvalue weighted by Crippen LogP contribution is 2.36. The fraction of sp³-hybridized carbons (Fsp3) is 0.308. The summed E-state index contributed by atoms with van der Waals surface area (Å²) < 4.78 is 41.3. The quantitative estimate of drug-likeness (QED) is 0.924. The SMILES string of the molecule is Cn1ccnc1CC(N)c1ccc(Br)cc1C(F)(F)F. The Balaban J connectivity index is 2.35. The molecule has 108 valence electrons. The molecule has 0 saturated carbocycles. The normalized spacial score (nSPS) is 13.5. The zero-order chi connectivity index (χ0) is 14.9. The second-order valence-corrected chi connectivity index (χ2v) is 5.41. The number of alkyl halides is 3. The number of aromatic nitrogens is 2. The van der Waals surface area contributed by atoms with E-state index in [4.69, 9.17) is 5.73 Å². The van der Waals surface area contributed by atoms with Crippen LogP contribution in [0.2, 0.25) is 0 Å². The van der Waals surface area contributed by atoms with Crippen molar-refractivity contribution >= 4 is 15.9 Å². The lowest BCUT2D eigenvalue weighted by Gasteiger charge is -2.18. The van der Waals surface area contributed by atoms with Gasteiger partial charge in [-0.15, -0.1) is 0 Å². The van der Waals surface area contributed by atoms with Crippen LogP contribution < -0.4 is 5.73 Å². The lowest BCUT2D eigenvalue weighted by molar-refractivity contribution is -0.138. The molecule has 0 radical (unpaired) electrons. The third-order valence-corrected chi connectivity index (χ3v) is 3.54. The first-order chi connectivity index (χ1) is 9.29. The second kappa shape index (κ2) is 5.57. The van der Waals surface area contributed by atoms with Gasteiger partial charge in [-0.1, -0.05) is 22.0 Å². The molecule has 1 atom stereocenters. The van der Waals surface area contributed by atoms with Gasteiger partial charge < -0.3 is 10.3 Å². The molecule has 3 nitrogen and oxygen atoms in total. The molecule has 0 saturated heterocycles. The minimum atomic E-state index is -4.43. The summed E-state index contributed by atoms with van der Waals surface area (Å²) in [6, 6.07) is 3.25. The van der Waals surface area contributed by atoms with Crippen LogP contribution in [0.3, 0.4) is 0 Å². The first-order valence-electron chi connectivity index (χ1n) is 5.87. The number of imidazole rings is 1. The molecule has 1 heterocycles. The second-order valence-electron chi connectivity index (χ2n) is 4.49. The van der Waals surface area contributed by atoms with Gasteiger partial charge in [-0.25, -0.2) is 4.98 Å². The molecule has 1 aromatic carbocycles. The van der Waals surface area contributed by atoms with Crippen molar-refractivity contribution in [3.8, 4) is 0 Å². The maximum absolute atomic E-state index is 13.0. The third-order valence-electron chi connectivity index (χ3n) is 3.04. The summed E-state index contributed by atoms with van der Waals surface area (Å²) >= 11 is 3.05. The van der Waals surface area contributed by atoms with E-state index in [9.17, 15) is 13.2 Å². The van der Waals surface area contributed by atoms with Crippen LogP contribution in [-0.2, 0) is 19.6 Å². The van der Waals surface area contributed by atoms with E-state index < -0.39 is 17.8 Å². The van der Waals surface area contributed by atoms with Gasteiger partial charge in [0.05, 0.1) is 5.56 Å². The molecule has 7 heteroatoms. The molecule has 1 aromatic heterocycles. The van der Waals surface area contributed by atoms with E-state index in [0.29, 0.717) is 10.3 Å². The lowest BCUT2D eigenvalue weighted by Crippen LogP contribution is -2.20. The van der Waals surface area contributed by atoms with Gasteiger partial charge in [0.2, 0.25) is 0 Å². The smallest absolute Gasteiger partial charge is 0.338 e. The van der Waals surface area contributed by atoms with E-state index in [1.54, 1.807) is 30.1 Å². The van der Waals surface area contributed by atoms with Gasteiger partial charge in [0.15, 0.2) is 0 Å². The Bertz CT molecular complexity index is 607. The molecule has 2 aromatic rings. The van der Waals surface area contributed by atoms with E-state index in [-0.39, 0.29) is 12.0 Å². The Kier molecular flexibility index (Phi) is 4.19. The molecule has 1 unspecified atom stereocenters. The lowest BCUT2D eigenvalue weighted by atomic mass is 9.98. The van der Waals surface area contributed by atoms with E-state index in [0.717, 1.165) is 6.07 Å². The van der Waals surface area contributed by atoms with E-state index in [1.807, 2.05) is 0 Å². The Labute approximate surface area is 122 Å². The largest absolute Gasteiger partial charge is 0.416 e. The maximum atomic E-state index is 13.0. The average Bonchev–Trinajstić information content (AvgIpc) is 2.73. The first kappa shape index (κ1) is 15.1. The molecular weight excluding hydrogens is 335 g/mol. The van der Waals surface area contributed by atoms with Crippen LogP contribution in [0.15, 0.2) is 35.1 Å². The molecule has 0 spiro atoms. The van der Waals surface area contributed by atoms with Crippen molar-refractivity contribution in [2.45, 2.75) is 18.6 Å². The minimum absolute atomic E-state index is 0.0729. The summed E-state index contributed by atoms with van der Waals surface area (Å²) in [5.41, 5.74) is 5.29. The fourth-order valence-corrected chi connectivity index (χ4v) is 2.36. The van der Waals surface area contributed by atoms with Crippen LogP contribution in [0.25, 0.3) is 0 Å². The minimum Gasteiger partial charge on any atom is -0.338 e. The maximum Gasteiger partial charge on any atom is 0.416 e.